The highest BCUT2D eigenvalue weighted by Gasteiger charge is 2.11. The van der Waals surface area contributed by atoms with Crippen molar-refractivity contribution >= 4 is 11.3 Å². The van der Waals surface area contributed by atoms with E-state index in [-0.39, 0.29) is 0 Å². The fourth-order valence-electron chi connectivity index (χ4n) is 1.40. The van der Waals surface area contributed by atoms with E-state index in [0.717, 1.165) is 23.7 Å². The molecule has 1 N–H and O–H groups in total. The summed E-state index contributed by atoms with van der Waals surface area (Å²) in [5.41, 5.74) is 1.13. The van der Waals surface area contributed by atoms with E-state index in [4.69, 9.17) is 6.42 Å². The molecule has 0 aromatic carbocycles. The zero-order valence-electron chi connectivity index (χ0n) is 8.92. The predicted octanol–water partition coefficient (Wildman–Crippen LogP) is 2.43. The van der Waals surface area contributed by atoms with Gasteiger partial charge < -0.3 is 5.32 Å². The van der Waals surface area contributed by atoms with Gasteiger partial charge >= 0.3 is 0 Å². The average Bonchev–Trinajstić information content (AvgIpc) is 2.45. The molecule has 2 nitrogen and oxygen atoms in total. The summed E-state index contributed by atoms with van der Waals surface area (Å²) in [7, 11) is 0. The van der Waals surface area contributed by atoms with Gasteiger partial charge in [0.05, 0.1) is 10.7 Å². The minimum atomic E-state index is 0.356. The molecule has 0 aliphatic rings. The van der Waals surface area contributed by atoms with Crippen LogP contribution in [0.5, 0.6) is 0 Å². The zero-order valence-corrected chi connectivity index (χ0v) is 9.74. The van der Waals surface area contributed by atoms with Gasteiger partial charge in [0.2, 0.25) is 0 Å². The van der Waals surface area contributed by atoms with Crippen LogP contribution in [0.15, 0.2) is 0 Å². The van der Waals surface area contributed by atoms with Crippen molar-refractivity contribution in [2.75, 3.05) is 6.54 Å². The normalized spacial score (nSPS) is 12.4. The topological polar surface area (TPSA) is 24.9 Å². The first-order valence-electron chi connectivity index (χ1n) is 4.76. The number of hydrogen-bond acceptors (Lipinski definition) is 3. The molecule has 14 heavy (non-hydrogen) atoms. The Hall–Kier alpha value is -0.850. The van der Waals surface area contributed by atoms with Crippen LogP contribution in [0.4, 0.5) is 0 Å². The molecular formula is C11H16N2S. The maximum atomic E-state index is 5.19. The molecule has 1 rings (SSSR count). The molecule has 0 fully saturated rings. The van der Waals surface area contributed by atoms with Crippen LogP contribution in [0.1, 0.15) is 35.0 Å². The third kappa shape index (κ3) is 2.83. The Labute approximate surface area is 89.8 Å². The Kier molecular flexibility index (Phi) is 4.12. The van der Waals surface area contributed by atoms with Crippen LogP contribution < -0.4 is 5.32 Å². The SMILES string of the molecule is C#CCCNC(C)c1sc(C)nc1C. The number of terminal acetylenes is 1. The van der Waals surface area contributed by atoms with E-state index in [1.807, 2.05) is 6.92 Å². The maximum absolute atomic E-state index is 5.19. The van der Waals surface area contributed by atoms with Gasteiger partial charge in [0.15, 0.2) is 0 Å². The van der Waals surface area contributed by atoms with E-state index in [2.05, 4.69) is 30.1 Å². The summed E-state index contributed by atoms with van der Waals surface area (Å²) in [4.78, 5) is 5.72. The molecule has 1 aromatic rings. The lowest BCUT2D eigenvalue weighted by atomic mass is 10.2. The lowest BCUT2D eigenvalue weighted by Gasteiger charge is -2.11. The van der Waals surface area contributed by atoms with Crippen molar-refractivity contribution in [2.24, 2.45) is 0 Å². The predicted molar refractivity (Wildman–Crippen MR) is 61.5 cm³/mol. The monoisotopic (exact) mass is 208 g/mol. The van der Waals surface area contributed by atoms with Crippen molar-refractivity contribution in [1.82, 2.24) is 10.3 Å². The van der Waals surface area contributed by atoms with Gasteiger partial charge in [-0.05, 0) is 20.8 Å². The van der Waals surface area contributed by atoms with Crippen LogP contribution in [-0.2, 0) is 0 Å². The van der Waals surface area contributed by atoms with Crippen molar-refractivity contribution < 1.29 is 0 Å². The Morgan fingerprint density at radius 2 is 2.29 bits per heavy atom. The molecule has 1 heterocycles. The molecule has 0 spiro atoms. The van der Waals surface area contributed by atoms with E-state index >= 15 is 0 Å². The van der Waals surface area contributed by atoms with Gasteiger partial charge in [-0.3, -0.25) is 0 Å². The summed E-state index contributed by atoms with van der Waals surface area (Å²) in [6.07, 6.45) is 5.97. The summed E-state index contributed by atoms with van der Waals surface area (Å²) < 4.78 is 0. The number of rotatable bonds is 4. The summed E-state index contributed by atoms with van der Waals surface area (Å²) in [5.74, 6) is 2.62. The first-order valence-corrected chi connectivity index (χ1v) is 5.57. The van der Waals surface area contributed by atoms with E-state index in [9.17, 15) is 0 Å². The van der Waals surface area contributed by atoms with Crippen LogP contribution in [-0.4, -0.2) is 11.5 Å². The lowest BCUT2D eigenvalue weighted by Crippen LogP contribution is -2.19. The minimum Gasteiger partial charge on any atom is -0.308 e. The van der Waals surface area contributed by atoms with E-state index < -0.39 is 0 Å². The number of aryl methyl sites for hydroxylation is 2. The van der Waals surface area contributed by atoms with Crippen LogP contribution in [0.3, 0.4) is 0 Å². The van der Waals surface area contributed by atoms with Crippen LogP contribution in [0.25, 0.3) is 0 Å². The van der Waals surface area contributed by atoms with Crippen LogP contribution in [0, 0.1) is 26.2 Å². The highest BCUT2D eigenvalue weighted by atomic mass is 32.1. The highest BCUT2D eigenvalue weighted by molar-refractivity contribution is 7.11. The van der Waals surface area contributed by atoms with Crippen LogP contribution in [0.2, 0.25) is 0 Å². The summed E-state index contributed by atoms with van der Waals surface area (Å²) in [6, 6.07) is 0.356. The number of aromatic nitrogens is 1. The van der Waals surface area contributed by atoms with Gasteiger partial charge in [-0.25, -0.2) is 4.98 Å². The van der Waals surface area contributed by atoms with Gasteiger partial charge in [0, 0.05) is 23.9 Å². The van der Waals surface area contributed by atoms with E-state index in [0.29, 0.717) is 6.04 Å². The third-order valence-corrected chi connectivity index (χ3v) is 3.31. The Bertz CT molecular complexity index is 336. The molecule has 0 saturated carbocycles. The van der Waals surface area contributed by atoms with Gasteiger partial charge in [-0.15, -0.1) is 23.7 Å². The molecule has 0 saturated heterocycles. The fraction of sp³-hybridized carbons (Fsp3) is 0.545. The van der Waals surface area contributed by atoms with Gasteiger partial charge in [-0.2, -0.15) is 0 Å². The Balaban J connectivity index is 2.56. The fourth-order valence-corrected chi connectivity index (χ4v) is 2.36. The van der Waals surface area contributed by atoms with E-state index in [1.54, 1.807) is 11.3 Å². The van der Waals surface area contributed by atoms with Gasteiger partial charge in [-0.1, -0.05) is 0 Å². The van der Waals surface area contributed by atoms with Crippen molar-refractivity contribution in [3.63, 3.8) is 0 Å². The Morgan fingerprint density at radius 1 is 1.57 bits per heavy atom. The molecule has 0 aliphatic heterocycles. The van der Waals surface area contributed by atoms with Crippen molar-refractivity contribution in [1.29, 1.82) is 0 Å². The first kappa shape index (κ1) is 11.2. The largest absolute Gasteiger partial charge is 0.308 e. The van der Waals surface area contributed by atoms with Gasteiger partial charge in [0.25, 0.3) is 0 Å². The second-order valence-corrected chi connectivity index (χ2v) is 4.55. The molecular weight excluding hydrogens is 192 g/mol. The molecule has 76 valence electrons. The molecule has 1 atom stereocenters. The molecule has 0 radical (unpaired) electrons. The summed E-state index contributed by atoms with van der Waals surface area (Å²) in [6.45, 7) is 7.11. The average molecular weight is 208 g/mol. The number of thiazole rings is 1. The number of hydrogen-bond donors (Lipinski definition) is 1. The molecule has 1 aromatic heterocycles. The number of nitrogens with zero attached hydrogens (tertiary/aromatic N) is 1. The lowest BCUT2D eigenvalue weighted by molar-refractivity contribution is 0.589. The van der Waals surface area contributed by atoms with Crippen molar-refractivity contribution in [2.45, 2.75) is 33.2 Å². The number of nitrogens with one attached hydrogen (secondary N) is 1. The highest BCUT2D eigenvalue weighted by Crippen LogP contribution is 2.24. The van der Waals surface area contributed by atoms with Crippen LogP contribution >= 0.6 is 11.3 Å². The van der Waals surface area contributed by atoms with Crippen molar-refractivity contribution in [3.05, 3.63) is 15.6 Å². The molecule has 1 unspecified atom stereocenters. The quantitative estimate of drug-likeness (QED) is 0.607. The smallest absolute Gasteiger partial charge is 0.0900 e. The molecule has 0 bridgehead atoms. The standard InChI is InChI=1S/C11H16N2S/c1-5-6-7-12-8(2)11-9(3)13-10(4)14-11/h1,8,12H,6-7H2,2-4H3. The van der Waals surface area contributed by atoms with Crippen molar-refractivity contribution in [3.8, 4) is 12.3 Å². The third-order valence-electron chi connectivity index (χ3n) is 2.05. The summed E-state index contributed by atoms with van der Waals surface area (Å²) >= 11 is 1.76. The first-order chi connectivity index (χ1) is 6.65. The zero-order chi connectivity index (χ0) is 10.6. The molecule has 3 heteroatoms. The summed E-state index contributed by atoms with van der Waals surface area (Å²) in [5, 5.41) is 4.51. The second kappa shape index (κ2) is 5.14. The minimum absolute atomic E-state index is 0.356. The van der Waals surface area contributed by atoms with Gasteiger partial charge in [0.1, 0.15) is 0 Å². The maximum Gasteiger partial charge on any atom is 0.0900 e. The Morgan fingerprint density at radius 3 is 2.79 bits per heavy atom. The van der Waals surface area contributed by atoms with E-state index in [1.165, 1.54) is 4.88 Å². The molecule has 0 amide bonds. The molecule has 0 aliphatic carbocycles. The second-order valence-electron chi connectivity index (χ2n) is 3.31.